The number of rotatable bonds is 4. The third kappa shape index (κ3) is 4.96. The summed E-state index contributed by atoms with van der Waals surface area (Å²) in [5.41, 5.74) is 1.49. The third-order valence-electron chi connectivity index (χ3n) is 4.51. The van der Waals surface area contributed by atoms with Crippen molar-refractivity contribution in [1.29, 1.82) is 0 Å². The highest BCUT2D eigenvalue weighted by Gasteiger charge is 2.30. The van der Waals surface area contributed by atoms with E-state index < -0.39 is 0 Å². The molecule has 0 aliphatic carbocycles. The van der Waals surface area contributed by atoms with Gasteiger partial charge in [-0.1, -0.05) is 51.1 Å². The standard InChI is InChI=1S/C19H31N3O/c1-5-20-18(23)22-13-11-16(12-14-22)21-17(19(2,3)4)15-9-7-6-8-10-15/h6-10,16-17,21H,5,11-14H2,1-4H3,(H,20,23)/t17-/m1/s1. The largest absolute Gasteiger partial charge is 0.338 e. The van der Waals surface area contributed by atoms with Gasteiger partial charge >= 0.3 is 6.03 Å². The molecule has 0 spiro atoms. The van der Waals surface area contributed by atoms with Gasteiger partial charge in [0.1, 0.15) is 0 Å². The number of nitrogens with zero attached hydrogens (tertiary/aromatic N) is 1. The van der Waals surface area contributed by atoms with Crippen molar-refractivity contribution in [3.8, 4) is 0 Å². The van der Waals surface area contributed by atoms with Crippen molar-refractivity contribution in [2.45, 2.75) is 52.6 Å². The van der Waals surface area contributed by atoms with Gasteiger partial charge in [-0.25, -0.2) is 4.79 Å². The van der Waals surface area contributed by atoms with Crippen molar-refractivity contribution < 1.29 is 4.79 Å². The molecule has 1 heterocycles. The van der Waals surface area contributed by atoms with Crippen LogP contribution in [0.25, 0.3) is 0 Å². The fourth-order valence-corrected chi connectivity index (χ4v) is 3.24. The minimum absolute atomic E-state index is 0.0707. The third-order valence-corrected chi connectivity index (χ3v) is 4.51. The molecule has 1 fully saturated rings. The molecule has 1 aliphatic heterocycles. The maximum absolute atomic E-state index is 11.9. The van der Waals surface area contributed by atoms with Crippen LogP contribution in [0.2, 0.25) is 0 Å². The van der Waals surface area contributed by atoms with Gasteiger partial charge in [0.25, 0.3) is 0 Å². The smallest absolute Gasteiger partial charge is 0.317 e. The lowest BCUT2D eigenvalue weighted by atomic mass is 9.81. The second-order valence-electron chi connectivity index (χ2n) is 7.47. The number of likely N-dealkylation sites (tertiary alicyclic amines) is 1. The summed E-state index contributed by atoms with van der Waals surface area (Å²) in [6.07, 6.45) is 2.02. The highest BCUT2D eigenvalue weighted by atomic mass is 16.2. The van der Waals surface area contributed by atoms with Crippen LogP contribution in [0.15, 0.2) is 30.3 Å². The number of nitrogens with one attached hydrogen (secondary N) is 2. The van der Waals surface area contributed by atoms with Gasteiger partial charge in [-0.05, 0) is 30.7 Å². The molecule has 0 saturated carbocycles. The summed E-state index contributed by atoms with van der Waals surface area (Å²) in [7, 11) is 0. The Bertz CT molecular complexity index is 487. The molecule has 2 rings (SSSR count). The number of hydrogen-bond donors (Lipinski definition) is 2. The maximum atomic E-state index is 11.9. The van der Waals surface area contributed by atoms with Crippen LogP contribution in [-0.4, -0.2) is 36.6 Å². The Kier molecular flexibility index (Phi) is 6.05. The van der Waals surface area contributed by atoms with Gasteiger partial charge in [-0.3, -0.25) is 0 Å². The van der Waals surface area contributed by atoms with Gasteiger partial charge in [0.15, 0.2) is 0 Å². The van der Waals surface area contributed by atoms with E-state index in [1.165, 1.54) is 5.56 Å². The van der Waals surface area contributed by atoms with E-state index in [1.54, 1.807) is 0 Å². The Morgan fingerprint density at radius 2 is 1.83 bits per heavy atom. The second kappa shape index (κ2) is 7.82. The first-order valence-corrected chi connectivity index (χ1v) is 8.75. The molecule has 0 unspecified atom stereocenters. The highest BCUT2D eigenvalue weighted by Crippen LogP contribution is 2.33. The monoisotopic (exact) mass is 317 g/mol. The van der Waals surface area contributed by atoms with Crippen LogP contribution in [0.3, 0.4) is 0 Å². The summed E-state index contributed by atoms with van der Waals surface area (Å²) in [6.45, 7) is 11.1. The minimum Gasteiger partial charge on any atom is -0.338 e. The van der Waals surface area contributed by atoms with E-state index in [4.69, 9.17) is 0 Å². The number of carbonyl (C=O) groups is 1. The van der Waals surface area contributed by atoms with Crippen molar-refractivity contribution in [2.75, 3.05) is 19.6 Å². The quantitative estimate of drug-likeness (QED) is 0.892. The molecule has 1 saturated heterocycles. The Hall–Kier alpha value is -1.55. The van der Waals surface area contributed by atoms with Crippen LogP contribution < -0.4 is 10.6 Å². The molecule has 1 aromatic carbocycles. The summed E-state index contributed by atoms with van der Waals surface area (Å²) in [4.78, 5) is 13.8. The summed E-state index contributed by atoms with van der Waals surface area (Å²) >= 11 is 0. The van der Waals surface area contributed by atoms with E-state index in [9.17, 15) is 4.79 Å². The van der Waals surface area contributed by atoms with E-state index in [1.807, 2.05) is 11.8 Å². The van der Waals surface area contributed by atoms with Crippen LogP contribution in [0.5, 0.6) is 0 Å². The molecule has 128 valence electrons. The lowest BCUT2D eigenvalue weighted by Crippen LogP contribution is -2.50. The van der Waals surface area contributed by atoms with Crippen molar-refractivity contribution in [3.63, 3.8) is 0 Å². The number of hydrogen-bond acceptors (Lipinski definition) is 2. The zero-order valence-electron chi connectivity index (χ0n) is 14.9. The first kappa shape index (κ1) is 17.8. The molecule has 4 nitrogen and oxygen atoms in total. The van der Waals surface area contributed by atoms with Gasteiger partial charge in [0, 0.05) is 31.7 Å². The van der Waals surface area contributed by atoms with Crippen molar-refractivity contribution >= 4 is 6.03 Å². The van der Waals surface area contributed by atoms with Gasteiger partial charge in [0.05, 0.1) is 0 Å². The summed E-state index contributed by atoms with van der Waals surface area (Å²) in [5.74, 6) is 0. The predicted octanol–water partition coefficient (Wildman–Crippen LogP) is 3.56. The molecule has 0 bridgehead atoms. The van der Waals surface area contributed by atoms with Crippen LogP contribution >= 0.6 is 0 Å². The SMILES string of the molecule is CCNC(=O)N1CCC(N[C@H](c2ccccc2)C(C)(C)C)CC1. The van der Waals surface area contributed by atoms with Gasteiger partial charge in [-0.15, -0.1) is 0 Å². The van der Waals surface area contributed by atoms with E-state index in [-0.39, 0.29) is 11.4 Å². The summed E-state index contributed by atoms with van der Waals surface area (Å²) in [6, 6.07) is 11.5. The molecule has 2 amide bonds. The minimum atomic E-state index is 0.0707. The number of urea groups is 1. The van der Waals surface area contributed by atoms with Crippen LogP contribution in [0.4, 0.5) is 4.79 Å². The predicted molar refractivity (Wildman–Crippen MR) is 95.4 cm³/mol. The molecule has 0 radical (unpaired) electrons. The molecule has 1 aliphatic rings. The Labute approximate surface area is 140 Å². The zero-order chi connectivity index (χ0) is 16.9. The Morgan fingerprint density at radius 3 is 2.35 bits per heavy atom. The van der Waals surface area contributed by atoms with E-state index >= 15 is 0 Å². The molecular weight excluding hydrogens is 286 g/mol. The molecular formula is C19H31N3O. The Morgan fingerprint density at radius 1 is 1.22 bits per heavy atom. The average molecular weight is 317 g/mol. The van der Waals surface area contributed by atoms with Gasteiger partial charge in [-0.2, -0.15) is 0 Å². The normalized spacial score (nSPS) is 17.8. The molecule has 1 aromatic rings. The first-order valence-electron chi connectivity index (χ1n) is 8.75. The molecule has 1 atom stereocenters. The Balaban J connectivity index is 1.96. The number of amides is 2. The molecule has 23 heavy (non-hydrogen) atoms. The van der Waals surface area contributed by atoms with Gasteiger partial charge in [0.2, 0.25) is 0 Å². The fraction of sp³-hybridized carbons (Fsp3) is 0.632. The average Bonchev–Trinajstić information content (AvgIpc) is 2.53. The first-order chi connectivity index (χ1) is 10.9. The number of benzene rings is 1. The molecule has 4 heteroatoms. The van der Waals surface area contributed by atoms with Crippen molar-refractivity contribution in [2.24, 2.45) is 5.41 Å². The van der Waals surface area contributed by atoms with Crippen LogP contribution in [0.1, 0.15) is 52.1 Å². The fourth-order valence-electron chi connectivity index (χ4n) is 3.24. The highest BCUT2D eigenvalue weighted by molar-refractivity contribution is 5.74. The maximum Gasteiger partial charge on any atom is 0.317 e. The van der Waals surface area contributed by atoms with Crippen LogP contribution in [-0.2, 0) is 0 Å². The zero-order valence-corrected chi connectivity index (χ0v) is 14.9. The number of carbonyl (C=O) groups excluding carboxylic acids is 1. The van der Waals surface area contributed by atoms with E-state index in [0.29, 0.717) is 18.6 Å². The number of piperidine rings is 1. The molecule has 2 N–H and O–H groups in total. The summed E-state index contributed by atoms with van der Waals surface area (Å²) in [5, 5.41) is 6.73. The van der Waals surface area contributed by atoms with Gasteiger partial charge < -0.3 is 15.5 Å². The summed E-state index contributed by atoms with van der Waals surface area (Å²) < 4.78 is 0. The topological polar surface area (TPSA) is 44.4 Å². The second-order valence-corrected chi connectivity index (χ2v) is 7.47. The van der Waals surface area contributed by atoms with E-state index in [2.05, 4.69) is 61.7 Å². The lowest BCUT2D eigenvalue weighted by molar-refractivity contribution is 0.163. The lowest BCUT2D eigenvalue weighted by Gasteiger charge is -2.39. The van der Waals surface area contributed by atoms with Crippen molar-refractivity contribution in [3.05, 3.63) is 35.9 Å². The van der Waals surface area contributed by atoms with Crippen molar-refractivity contribution in [1.82, 2.24) is 15.5 Å². The molecule has 0 aromatic heterocycles. The van der Waals surface area contributed by atoms with Crippen LogP contribution in [0, 0.1) is 5.41 Å². The van der Waals surface area contributed by atoms with E-state index in [0.717, 1.165) is 25.9 Å².